The summed E-state index contributed by atoms with van der Waals surface area (Å²) in [5, 5.41) is 20.5. The van der Waals surface area contributed by atoms with E-state index in [1.165, 1.54) is 0 Å². The first-order chi connectivity index (χ1) is 8.56. The fourth-order valence-electron chi connectivity index (χ4n) is 4.02. The number of carbonyl (C=O) groups is 1. The van der Waals surface area contributed by atoms with Crippen LogP contribution in [0.25, 0.3) is 0 Å². The molecule has 1 saturated carbocycles. The lowest BCUT2D eigenvalue weighted by Gasteiger charge is -2.47. The normalized spacial score (nSPS) is 32.6. The number of carboxylic acid groups (broad SMARTS) is 1. The Hall–Kier alpha value is -0.610. The predicted octanol–water partition coefficient (Wildman–Crippen LogP) is 2.20. The zero-order valence-electron chi connectivity index (χ0n) is 11.2. The van der Waals surface area contributed by atoms with Gasteiger partial charge in [0.05, 0.1) is 11.5 Å². The lowest BCUT2D eigenvalue weighted by atomic mass is 9.63. The lowest BCUT2D eigenvalue weighted by Crippen LogP contribution is -2.54. The van der Waals surface area contributed by atoms with Crippen molar-refractivity contribution >= 4 is 5.97 Å². The fraction of sp³-hybridized carbons (Fsp3) is 0.929. The van der Waals surface area contributed by atoms with Crippen LogP contribution in [0, 0.1) is 11.3 Å². The van der Waals surface area contributed by atoms with Crippen molar-refractivity contribution in [3.63, 3.8) is 0 Å². The molecule has 1 spiro atoms. The quantitative estimate of drug-likeness (QED) is 0.809. The Kier molecular flexibility index (Phi) is 3.97. The molecule has 0 aromatic heterocycles. The molecule has 2 fully saturated rings. The summed E-state index contributed by atoms with van der Waals surface area (Å²) in [6, 6.07) is 0. The molecule has 4 nitrogen and oxygen atoms in total. The van der Waals surface area contributed by atoms with Gasteiger partial charge < -0.3 is 14.9 Å². The maximum Gasteiger partial charge on any atom is 0.309 e. The van der Waals surface area contributed by atoms with Gasteiger partial charge in [0.1, 0.15) is 0 Å². The van der Waals surface area contributed by atoms with E-state index < -0.39 is 17.5 Å². The first-order valence-electron chi connectivity index (χ1n) is 7.09. The molecule has 1 aliphatic carbocycles. The van der Waals surface area contributed by atoms with E-state index in [1.54, 1.807) is 0 Å². The highest BCUT2D eigenvalue weighted by Crippen LogP contribution is 2.56. The first-order valence-corrected chi connectivity index (χ1v) is 7.09. The van der Waals surface area contributed by atoms with Gasteiger partial charge in [-0.05, 0) is 38.5 Å². The molecule has 4 heteroatoms. The Morgan fingerprint density at radius 1 is 1.28 bits per heavy atom. The summed E-state index contributed by atoms with van der Waals surface area (Å²) in [6.07, 6.45) is 5.47. The maximum atomic E-state index is 11.5. The first kappa shape index (κ1) is 13.8. The van der Waals surface area contributed by atoms with Crippen molar-refractivity contribution in [3.05, 3.63) is 0 Å². The van der Waals surface area contributed by atoms with Crippen LogP contribution in [0.2, 0.25) is 0 Å². The number of rotatable bonds is 4. The van der Waals surface area contributed by atoms with Crippen LogP contribution in [0.3, 0.4) is 0 Å². The summed E-state index contributed by atoms with van der Waals surface area (Å²) in [5.41, 5.74) is -1.25. The smallest absolute Gasteiger partial charge is 0.309 e. The third-order valence-corrected chi connectivity index (χ3v) is 5.03. The Morgan fingerprint density at radius 2 is 1.94 bits per heavy atom. The van der Waals surface area contributed by atoms with Crippen molar-refractivity contribution in [2.24, 2.45) is 11.3 Å². The molecule has 2 atom stereocenters. The van der Waals surface area contributed by atoms with E-state index in [0.717, 1.165) is 32.1 Å². The summed E-state index contributed by atoms with van der Waals surface area (Å²) in [7, 11) is 0. The Morgan fingerprint density at radius 3 is 2.50 bits per heavy atom. The summed E-state index contributed by atoms with van der Waals surface area (Å²) in [4.78, 5) is 11.5. The summed E-state index contributed by atoms with van der Waals surface area (Å²) in [5.74, 6) is -1.46. The van der Waals surface area contributed by atoms with E-state index in [-0.39, 0.29) is 5.41 Å². The van der Waals surface area contributed by atoms with Crippen LogP contribution >= 0.6 is 0 Å². The molecule has 2 rings (SSSR count). The number of ether oxygens (including phenoxy) is 1. The van der Waals surface area contributed by atoms with Gasteiger partial charge in [0.25, 0.3) is 0 Å². The topological polar surface area (TPSA) is 66.8 Å². The van der Waals surface area contributed by atoms with Crippen LogP contribution < -0.4 is 0 Å². The number of carboxylic acids is 1. The van der Waals surface area contributed by atoms with Gasteiger partial charge in [-0.3, -0.25) is 4.79 Å². The van der Waals surface area contributed by atoms with Crippen LogP contribution in [0.15, 0.2) is 0 Å². The Balaban J connectivity index is 2.28. The highest BCUT2D eigenvalue weighted by atomic mass is 16.5. The number of aliphatic carboxylic acids is 1. The minimum atomic E-state index is -1.03. The molecule has 0 bridgehead atoms. The second-order valence-corrected chi connectivity index (χ2v) is 5.85. The van der Waals surface area contributed by atoms with Gasteiger partial charge >= 0.3 is 5.97 Å². The zero-order valence-corrected chi connectivity index (χ0v) is 11.2. The van der Waals surface area contributed by atoms with Gasteiger partial charge in [0, 0.05) is 18.6 Å². The van der Waals surface area contributed by atoms with E-state index in [1.807, 2.05) is 6.92 Å². The monoisotopic (exact) mass is 256 g/mol. The molecular weight excluding hydrogens is 232 g/mol. The van der Waals surface area contributed by atoms with Crippen LogP contribution in [0.1, 0.15) is 51.9 Å². The molecule has 0 aromatic rings. The molecule has 0 amide bonds. The Labute approximate surface area is 108 Å². The predicted molar refractivity (Wildman–Crippen MR) is 67.3 cm³/mol. The second-order valence-electron chi connectivity index (χ2n) is 5.85. The van der Waals surface area contributed by atoms with Crippen molar-refractivity contribution in [1.82, 2.24) is 0 Å². The van der Waals surface area contributed by atoms with Gasteiger partial charge in [-0.15, -0.1) is 0 Å². The van der Waals surface area contributed by atoms with Gasteiger partial charge in [0.2, 0.25) is 0 Å². The van der Waals surface area contributed by atoms with E-state index in [0.29, 0.717) is 26.1 Å². The molecule has 1 saturated heterocycles. The van der Waals surface area contributed by atoms with Crippen LogP contribution in [0.5, 0.6) is 0 Å². The molecule has 1 heterocycles. The van der Waals surface area contributed by atoms with Crippen molar-refractivity contribution in [2.75, 3.05) is 13.2 Å². The van der Waals surface area contributed by atoms with E-state index >= 15 is 0 Å². The molecular formula is C14H24O4. The molecule has 18 heavy (non-hydrogen) atoms. The van der Waals surface area contributed by atoms with Crippen LogP contribution in [-0.4, -0.2) is 35.0 Å². The van der Waals surface area contributed by atoms with E-state index in [4.69, 9.17) is 4.74 Å². The molecule has 0 aromatic carbocycles. The number of aliphatic hydroxyl groups is 1. The molecule has 2 unspecified atom stereocenters. The van der Waals surface area contributed by atoms with Gasteiger partial charge in [-0.1, -0.05) is 13.3 Å². The second kappa shape index (κ2) is 5.17. The molecule has 0 radical (unpaired) electrons. The zero-order chi connectivity index (χ0) is 13.2. The SMILES string of the molecule is CCCC(C(=O)O)C1(O)CCCC12CCOCC2. The van der Waals surface area contributed by atoms with Gasteiger partial charge in [-0.2, -0.15) is 0 Å². The lowest BCUT2D eigenvalue weighted by molar-refractivity contribution is -0.175. The maximum absolute atomic E-state index is 11.5. The molecule has 1 aliphatic heterocycles. The van der Waals surface area contributed by atoms with Crippen LogP contribution in [0.4, 0.5) is 0 Å². The number of hydrogen-bond acceptors (Lipinski definition) is 3. The Bertz CT molecular complexity index is 309. The molecule has 2 aliphatic rings. The van der Waals surface area contributed by atoms with Crippen molar-refractivity contribution < 1.29 is 19.7 Å². The van der Waals surface area contributed by atoms with Crippen molar-refractivity contribution in [2.45, 2.75) is 57.5 Å². The largest absolute Gasteiger partial charge is 0.481 e. The summed E-state index contributed by atoms with van der Waals surface area (Å²) in [6.45, 7) is 3.28. The fourth-order valence-corrected chi connectivity index (χ4v) is 4.02. The van der Waals surface area contributed by atoms with Crippen molar-refractivity contribution in [1.29, 1.82) is 0 Å². The highest BCUT2D eigenvalue weighted by molar-refractivity contribution is 5.72. The highest BCUT2D eigenvalue weighted by Gasteiger charge is 2.59. The third-order valence-electron chi connectivity index (χ3n) is 5.03. The minimum absolute atomic E-state index is 0.219. The molecule has 104 valence electrons. The van der Waals surface area contributed by atoms with Crippen LogP contribution in [-0.2, 0) is 9.53 Å². The van der Waals surface area contributed by atoms with Crippen molar-refractivity contribution in [3.8, 4) is 0 Å². The average Bonchev–Trinajstić information content (AvgIpc) is 2.65. The summed E-state index contributed by atoms with van der Waals surface area (Å²) >= 11 is 0. The molecule has 2 N–H and O–H groups in total. The standard InChI is InChI=1S/C14H24O4/c1-2-4-11(12(15)16)14(17)6-3-5-13(14)7-9-18-10-8-13/h11,17H,2-10H2,1H3,(H,15,16). The summed E-state index contributed by atoms with van der Waals surface area (Å²) < 4.78 is 5.39. The number of hydrogen-bond donors (Lipinski definition) is 2. The van der Waals surface area contributed by atoms with E-state index in [9.17, 15) is 15.0 Å². The van der Waals surface area contributed by atoms with Gasteiger partial charge in [-0.25, -0.2) is 0 Å². The van der Waals surface area contributed by atoms with E-state index in [2.05, 4.69) is 0 Å². The third kappa shape index (κ3) is 2.05. The minimum Gasteiger partial charge on any atom is -0.481 e. The average molecular weight is 256 g/mol. The van der Waals surface area contributed by atoms with Gasteiger partial charge in [0.15, 0.2) is 0 Å².